The van der Waals surface area contributed by atoms with Crippen LogP contribution in [0.4, 0.5) is 0 Å². The van der Waals surface area contributed by atoms with Gasteiger partial charge in [-0.05, 0) is 18.6 Å². The summed E-state index contributed by atoms with van der Waals surface area (Å²) in [6, 6.07) is 0. The topological polar surface area (TPSA) is 66.8 Å². The van der Waals surface area contributed by atoms with Crippen molar-refractivity contribution in [2.45, 2.75) is 109 Å². The first kappa shape index (κ1) is 27.5. The number of hydrogen-bond acceptors (Lipinski definition) is 3. The Morgan fingerprint density at radius 2 is 1.26 bits per heavy atom. The summed E-state index contributed by atoms with van der Waals surface area (Å²) in [6.45, 7) is 2.27. The summed E-state index contributed by atoms with van der Waals surface area (Å²) in [5.74, 6) is 1.95. The smallest absolute Gasteiger partial charge is 0.325 e. The first-order valence-corrected chi connectivity index (χ1v) is 14.1. The van der Waals surface area contributed by atoms with Gasteiger partial charge in [-0.3, -0.25) is 4.57 Å². The average molecular weight is 425 g/mol. The zero-order valence-electron chi connectivity index (χ0n) is 17.9. The van der Waals surface area contributed by atoms with Gasteiger partial charge in [-0.15, -0.1) is 0 Å². The number of ether oxygens (including phenoxy) is 1. The van der Waals surface area contributed by atoms with Crippen LogP contribution in [0.3, 0.4) is 0 Å². The van der Waals surface area contributed by atoms with Gasteiger partial charge in [-0.2, -0.15) is 11.8 Å². The molecule has 0 aromatic carbocycles. The minimum atomic E-state index is -3.90. The van der Waals surface area contributed by atoms with Gasteiger partial charge in [0.25, 0.3) is 0 Å². The third-order valence-electron chi connectivity index (χ3n) is 5.02. The molecule has 0 saturated heterocycles. The molecule has 0 amide bonds. The maximum absolute atomic E-state index is 10.9. The molecule has 0 aromatic rings. The van der Waals surface area contributed by atoms with Crippen molar-refractivity contribution in [1.82, 2.24) is 0 Å². The molecule has 0 aliphatic heterocycles. The maximum Gasteiger partial charge on any atom is 0.325 e. The minimum absolute atomic E-state index is 0.0470. The number of hydrogen-bond donors (Lipinski definition) is 2. The molecular formula is C21H45O4PS. The molecule has 0 aromatic heterocycles. The van der Waals surface area contributed by atoms with E-state index in [1.807, 2.05) is 11.8 Å². The second kappa shape index (κ2) is 19.8. The predicted molar refractivity (Wildman–Crippen MR) is 120 cm³/mol. The maximum atomic E-state index is 10.9. The number of thioether (sulfide) groups is 1. The van der Waals surface area contributed by atoms with E-state index in [4.69, 9.17) is 14.5 Å². The predicted octanol–water partition coefficient (Wildman–Crippen LogP) is 6.78. The zero-order valence-corrected chi connectivity index (χ0v) is 19.6. The Labute approximate surface area is 172 Å². The average Bonchev–Trinajstić information content (AvgIpc) is 2.63. The standard InChI is InChI=1S/C21H45O4PS/c1-3-4-5-6-7-8-9-10-11-12-13-14-15-16-19-27-20-21(25-2)17-18-26(22,23)24/h21H,3-20H2,1-2H3,(H2,22,23,24). The van der Waals surface area contributed by atoms with Gasteiger partial charge in [0, 0.05) is 12.9 Å². The van der Waals surface area contributed by atoms with Gasteiger partial charge in [0.2, 0.25) is 0 Å². The second-order valence-electron chi connectivity index (χ2n) is 7.71. The van der Waals surface area contributed by atoms with Gasteiger partial charge in [-0.25, -0.2) is 0 Å². The van der Waals surface area contributed by atoms with Crippen LogP contribution in [0, 0.1) is 0 Å². The summed E-state index contributed by atoms with van der Waals surface area (Å²) in [5.41, 5.74) is 0. The molecule has 6 heteroatoms. The highest BCUT2D eigenvalue weighted by molar-refractivity contribution is 7.99. The van der Waals surface area contributed by atoms with Crippen LogP contribution in [0.25, 0.3) is 0 Å². The van der Waals surface area contributed by atoms with Gasteiger partial charge >= 0.3 is 7.60 Å². The monoisotopic (exact) mass is 424 g/mol. The fraction of sp³-hybridized carbons (Fsp3) is 1.00. The first-order chi connectivity index (χ1) is 13.0. The summed E-state index contributed by atoms with van der Waals surface area (Å²) < 4.78 is 16.2. The summed E-state index contributed by atoms with van der Waals surface area (Å²) in [5, 5.41) is 0. The third kappa shape index (κ3) is 22.6. The van der Waals surface area contributed by atoms with Gasteiger partial charge in [0.1, 0.15) is 0 Å². The Morgan fingerprint density at radius 1 is 0.815 bits per heavy atom. The lowest BCUT2D eigenvalue weighted by molar-refractivity contribution is 0.118. The van der Waals surface area contributed by atoms with E-state index >= 15 is 0 Å². The normalized spacial score (nSPS) is 13.2. The summed E-state index contributed by atoms with van der Waals surface area (Å²) in [6.07, 6.45) is 19.6. The molecule has 0 saturated carbocycles. The van der Waals surface area contributed by atoms with Crippen LogP contribution in [0.1, 0.15) is 103 Å². The Bertz CT molecular complexity index is 349. The third-order valence-corrected chi connectivity index (χ3v) is 7.05. The lowest BCUT2D eigenvalue weighted by Crippen LogP contribution is -2.16. The molecule has 27 heavy (non-hydrogen) atoms. The molecule has 0 aliphatic rings. The van der Waals surface area contributed by atoms with Crippen LogP contribution in [0.5, 0.6) is 0 Å². The van der Waals surface area contributed by atoms with E-state index < -0.39 is 7.60 Å². The molecule has 0 spiro atoms. The fourth-order valence-corrected chi connectivity index (χ4v) is 4.96. The van der Waals surface area contributed by atoms with E-state index in [9.17, 15) is 4.57 Å². The lowest BCUT2D eigenvalue weighted by Gasteiger charge is -2.15. The largest absolute Gasteiger partial charge is 0.381 e. The van der Waals surface area contributed by atoms with Gasteiger partial charge < -0.3 is 14.5 Å². The van der Waals surface area contributed by atoms with Gasteiger partial charge in [0.15, 0.2) is 0 Å². The Hall–Kier alpha value is 0.460. The lowest BCUT2D eigenvalue weighted by atomic mass is 10.0. The molecule has 0 bridgehead atoms. The van der Waals surface area contributed by atoms with Crippen molar-refractivity contribution in [1.29, 1.82) is 0 Å². The van der Waals surface area contributed by atoms with Crippen molar-refractivity contribution >= 4 is 19.4 Å². The highest BCUT2D eigenvalue weighted by atomic mass is 32.2. The molecule has 0 aliphatic carbocycles. The van der Waals surface area contributed by atoms with E-state index in [1.165, 1.54) is 89.9 Å². The van der Waals surface area contributed by atoms with Crippen LogP contribution in [-0.2, 0) is 9.30 Å². The zero-order chi connectivity index (χ0) is 20.2. The summed E-state index contributed by atoms with van der Waals surface area (Å²) >= 11 is 1.84. The summed E-state index contributed by atoms with van der Waals surface area (Å²) in [7, 11) is -2.28. The highest BCUT2D eigenvalue weighted by Crippen LogP contribution is 2.35. The molecule has 4 nitrogen and oxygen atoms in total. The molecule has 0 fully saturated rings. The van der Waals surface area contributed by atoms with Crippen LogP contribution in [0.15, 0.2) is 0 Å². The SMILES string of the molecule is CCCCCCCCCCCCCCCCSCC(CCP(=O)(O)O)OC. The molecule has 164 valence electrons. The Kier molecular flexibility index (Phi) is 20.1. The van der Waals surface area contributed by atoms with E-state index in [1.54, 1.807) is 7.11 Å². The molecule has 2 N–H and O–H groups in total. The van der Waals surface area contributed by atoms with Crippen LogP contribution in [0.2, 0.25) is 0 Å². The van der Waals surface area contributed by atoms with E-state index in [0.717, 1.165) is 11.5 Å². The van der Waals surface area contributed by atoms with Gasteiger partial charge in [-0.1, -0.05) is 90.4 Å². The van der Waals surface area contributed by atoms with Crippen molar-refractivity contribution in [2.24, 2.45) is 0 Å². The molecule has 1 atom stereocenters. The molecule has 0 rings (SSSR count). The van der Waals surface area contributed by atoms with Crippen molar-refractivity contribution < 1.29 is 19.1 Å². The molecule has 1 unspecified atom stereocenters. The number of methoxy groups -OCH3 is 1. The van der Waals surface area contributed by atoms with Crippen LogP contribution >= 0.6 is 19.4 Å². The summed E-state index contributed by atoms with van der Waals surface area (Å²) in [4.78, 5) is 17.8. The number of unbranched alkanes of at least 4 members (excludes halogenated alkanes) is 13. The van der Waals surface area contributed by atoms with Crippen molar-refractivity contribution in [3.63, 3.8) is 0 Å². The molecule has 0 heterocycles. The minimum Gasteiger partial charge on any atom is -0.381 e. The van der Waals surface area contributed by atoms with Gasteiger partial charge in [0.05, 0.1) is 12.3 Å². The highest BCUT2D eigenvalue weighted by Gasteiger charge is 2.17. The second-order valence-corrected chi connectivity index (χ2v) is 10.6. The van der Waals surface area contributed by atoms with Crippen molar-refractivity contribution in [3.8, 4) is 0 Å². The van der Waals surface area contributed by atoms with Crippen molar-refractivity contribution in [2.75, 3.05) is 24.8 Å². The molecular weight excluding hydrogens is 379 g/mol. The van der Waals surface area contributed by atoms with Crippen molar-refractivity contribution in [3.05, 3.63) is 0 Å². The fourth-order valence-electron chi connectivity index (χ4n) is 3.19. The molecule has 0 radical (unpaired) electrons. The number of rotatable bonds is 21. The van der Waals surface area contributed by atoms with Crippen LogP contribution in [-0.4, -0.2) is 40.7 Å². The Morgan fingerprint density at radius 3 is 1.67 bits per heavy atom. The van der Waals surface area contributed by atoms with E-state index in [-0.39, 0.29) is 12.3 Å². The quantitative estimate of drug-likeness (QED) is 0.157. The Balaban J connectivity index is 3.25. The first-order valence-electron chi connectivity index (χ1n) is 11.1. The van der Waals surface area contributed by atoms with E-state index in [2.05, 4.69) is 6.92 Å². The van der Waals surface area contributed by atoms with Crippen LogP contribution < -0.4 is 0 Å². The van der Waals surface area contributed by atoms with E-state index in [0.29, 0.717) is 6.42 Å².